The van der Waals surface area contributed by atoms with Gasteiger partial charge in [0.15, 0.2) is 0 Å². The molecule has 0 aromatic heterocycles. The summed E-state index contributed by atoms with van der Waals surface area (Å²) in [5.41, 5.74) is 0.222. The maximum Gasteiger partial charge on any atom is 0.255 e. The molecule has 0 heterocycles. The lowest BCUT2D eigenvalue weighted by Crippen LogP contribution is -2.32. The lowest BCUT2D eigenvalue weighted by molar-refractivity contribution is 0.0694. The van der Waals surface area contributed by atoms with Crippen LogP contribution >= 0.6 is 0 Å². The third-order valence-corrected chi connectivity index (χ3v) is 2.45. The topological polar surface area (TPSA) is 67.8 Å². The molecule has 18 heavy (non-hydrogen) atoms. The molecule has 1 amide bonds. The molecule has 0 aliphatic carbocycles. The van der Waals surface area contributed by atoms with E-state index in [1.54, 1.807) is 6.07 Å². The highest BCUT2D eigenvalue weighted by Gasteiger charge is 2.12. The second kappa shape index (κ2) is 6.86. The molecule has 0 aliphatic rings. The number of rotatable bonds is 6. The number of phenols is 1. The van der Waals surface area contributed by atoms with E-state index in [4.69, 9.17) is 9.47 Å². The van der Waals surface area contributed by atoms with E-state index in [1.807, 2.05) is 13.8 Å². The molecule has 0 fully saturated rings. The summed E-state index contributed by atoms with van der Waals surface area (Å²) >= 11 is 0. The molecule has 0 saturated carbocycles. The van der Waals surface area contributed by atoms with Crippen LogP contribution in [-0.2, 0) is 4.74 Å². The number of carbonyl (C=O) groups is 1. The van der Waals surface area contributed by atoms with Crippen LogP contribution < -0.4 is 10.1 Å². The SMILES string of the molecule is CCOC(C)CNC(=O)c1ccc(OC)cc1O. The van der Waals surface area contributed by atoms with Crippen LogP contribution in [0.3, 0.4) is 0 Å². The van der Waals surface area contributed by atoms with Crippen molar-refractivity contribution in [1.82, 2.24) is 5.32 Å². The number of hydrogen-bond donors (Lipinski definition) is 2. The Balaban J connectivity index is 2.61. The lowest BCUT2D eigenvalue weighted by Gasteiger charge is -2.13. The first-order chi connectivity index (χ1) is 8.58. The zero-order valence-electron chi connectivity index (χ0n) is 10.9. The zero-order valence-corrected chi connectivity index (χ0v) is 10.9. The number of aromatic hydroxyl groups is 1. The number of hydrogen-bond acceptors (Lipinski definition) is 4. The van der Waals surface area contributed by atoms with Gasteiger partial charge in [-0.15, -0.1) is 0 Å². The van der Waals surface area contributed by atoms with Crippen molar-refractivity contribution >= 4 is 5.91 Å². The van der Waals surface area contributed by atoms with E-state index >= 15 is 0 Å². The van der Waals surface area contributed by atoms with Gasteiger partial charge in [0.1, 0.15) is 11.5 Å². The van der Waals surface area contributed by atoms with Gasteiger partial charge in [0, 0.05) is 19.2 Å². The fourth-order valence-corrected chi connectivity index (χ4v) is 1.51. The smallest absolute Gasteiger partial charge is 0.255 e. The van der Waals surface area contributed by atoms with Gasteiger partial charge in [-0.1, -0.05) is 0 Å². The van der Waals surface area contributed by atoms with Crippen LogP contribution in [0.4, 0.5) is 0 Å². The molecule has 100 valence electrons. The molecule has 1 rings (SSSR count). The molecule has 0 bridgehead atoms. The number of nitrogens with one attached hydrogen (secondary N) is 1. The van der Waals surface area contributed by atoms with Gasteiger partial charge in [0.2, 0.25) is 0 Å². The maximum absolute atomic E-state index is 11.8. The summed E-state index contributed by atoms with van der Waals surface area (Å²) in [5, 5.41) is 12.4. The normalized spacial score (nSPS) is 11.9. The van der Waals surface area contributed by atoms with Gasteiger partial charge < -0.3 is 19.9 Å². The Bertz CT molecular complexity index is 406. The summed E-state index contributed by atoms with van der Waals surface area (Å²) in [5.74, 6) is 0.0735. The van der Waals surface area contributed by atoms with Crippen molar-refractivity contribution < 1.29 is 19.4 Å². The molecule has 0 aliphatic heterocycles. The van der Waals surface area contributed by atoms with E-state index in [0.717, 1.165) is 0 Å². The summed E-state index contributed by atoms with van der Waals surface area (Å²) in [7, 11) is 1.50. The Kier molecular flexibility index (Phi) is 5.45. The van der Waals surface area contributed by atoms with Gasteiger partial charge >= 0.3 is 0 Å². The van der Waals surface area contributed by atoms with Crippen LogP contribution in [-0.4, -0.2) is 37.4 Å². The van der Waals surface area contributed by atoms with Crippen molar-refractivity contribution in [3.8, 4) is 11.5 Å². The van der Waals surface area contributed by atoms with Gasteiger partial charge in [0.25, 0.3) is 5.91 Å². The van der Waals surface area contributed by atoms with Crippen LogP contribution in [0.2, 0.25) is 0 Å². The van der Waals surface area contributed by atoms with Crippen LogP contribution in [0, 0.1) is 0 Å². The minimum Gasteiger partial charge on any atom is -0.507 e. The van der Waals surface area contributed by atoms with E-state index in [2.05, 4.69) is 5.32 Å². The Morgan fingerprint density at radius 1 is 1.50 bits per heavy atom. The van der Waals surface area contributed by atoms with Crippen LogP contribution in [0.1, 0.15) is 24.2 Å². The molecule has 1 unspecified atom stereocenters. The van der Waals surface area contributed by atoms with E-state index in [9.17, 15) is 9.90 Å². The largest absolute Gasteiger partial charge is 0.507 e. The number of phenolic OH excluding ortho intramolecular Hbond substituents is 1. The zero-order chi connectivity index (χ0) is 13.5. The van der Waals surface area contributed by atoms with Gasteiger partial charge in [0.05, 0.1) is 18.8 Å². The number of methoxy groups -OCH3 is 1. The van der Waals surface area contributed by atoms with Crippen molar-refractivity contribution in [2.45, 2.75) is 20.0 Å². The average Bonchev–Trinajstić information content (AvgIpc) is 2.36. The minimum absolute atomic E-state index is 0.0562. The Morgan fingerprint density at radius 3 is 2.78 bits per heavy atom. The standard InChI is InChI=1S/C13H19NO4/c1-4-18-9(2)8-14-13(16)11-6-5-10(17-3)7-12(11)15/h5-7,9,15H,4,8H2,1-3H3,(H,14,16). The fraction of sp³-hybridized carbons (Fsp3) is 0.462. The molecular formula is C13H19NO4. The summed E-state index contributed by atoms with van der Waals surface area (Å²) in [4.78, 5) is 11.8. The van der Waals surface area contributed by atoms with E-state index in [1.165, 1.54) is 19.2 Å². The molecule has 0 radical (unpaired) electrons. The van der Waals surface area contributed by atoms with E-state index in [0.29, 0.717) is 18.9 Å². The number of benzene rings is 1. The summed E-state index contributed by atoms with van der Waals surface area (Å²) < 4.78 is 10.2. The highest BCUT2D eigenvalue weighted by molar-refractivity contribution is 5.97. The molecule has 0 spiro atoms. The monoisotopic (exact) mass is 253 g/mol. The molecule has 5 nitrogen and oxygen atoms in total. The maximum atomic E-state index is 11.8. The van der Waals surface area contributed by atoms with Crippen LogP contribution in [0.15, 0.2) is 18.2 Å². The summed E-state index contributed by atoms with van der Waals surface area (Å²) in [6, 6.07) is 4.55. The molecular weight excluding hydrogens is 234 g/mol. The first kappa shape index (κ1) is 14.3. The number of amides is 1. The van der Waals surface area contributed by atoms with Crippen molar-refractivity contribution in [3.63, 3.8) is 0 Å². The minimum atomic E-state index is -0.332. The molecule has 1 aromatic carbocycles. The second-order valence-corrected chi connectivity index (χ2v) is 3.86. The van der Waals surface area contributed by atoms with Gasteiger partial charge in [-0.25, -0.2) is 0 Å². The quantitative estimate of drug-likeness (QED) is 0.807. The predicted octanol–water partition coefficient (Wildman–Crippen LogP) is 1.56. The van der Waals surface area contributed by atoms with Crippen LogP contribution in [0.5, 0.6) is 11.5 Å². The molecule has 1 atom stereocenters. The number of carbonyl (C=O) groups excluding carboxylic acids is 1. The fourth-order valence-electron chi connectivity index (χ4n) is 1.51. The summed E-state index contributed by atoms with van der Waals surface area (Å²) in [6.07, 6.45) is -0.0562. The van der Waals surface area contributed by atoms with Gasteiger partial charge in [-0.2, -0.15) is 0 Å². The second-order valence-electron chi connectivity index (χ2n) is 3.86. The van der Waals surface area contributed by atoms with Crippen LogP contribution in [0.25, 0.3) is 0 Å². The molecule has 0 saturated heterocycles. The first-order valence-corrected chi connectivity index (χ1v) is 5.85. The van der Waals surface area contributed by atoms with Gasteiger partial charge in [-0.05, 0) is 26.0 Å². The molecule has 2 N–H and O–H groups in total. The summed E-state index contributed by atoms with van der Waals surface area (Å²) in [6.45, 7) is 4.77. The van der Waals surface area contributed by atoms with E-state index < -0.39 is 0 Å². The van der Waals surface area contributed by atoms with Gasteiger partial charge in [-0.3, -0.25) is 4.79 Å². The predicted molar refractivity (Wildman–Crippen MR) is 68.1 cm³/mol. The Morgan fingerprint density at radius 2 is 2.22 bits per heavy atom. The first-order valence-electron chi connectivity index (χ1n) is 5.85. The van der Waals surface area contributed by atoms with E-state index in [-0.39, 0.29) is 23.3 Å². The van der Waals surface area contributed by atoms with Crippen molar-refractivity contribution in [1.29, 1.82) is 0 Å². The average molecular weight is 253 g/mol. The molecule has 1 aromatic rings. The Hall–Kier alpha value is -1.75. The van der Waals surface area contributed by atoms with Crippen molar-refractivity contribution in [2.24, 2.45) is 0 Å². The van der Waals surface area contributed by atoms with Crippen molar-refractivity contribution in [3.05, 3.63) is 23.8 Å². The number of ether oxygens (including phenoxy) is 2. The Labute approximate surface area is 107 Å². The van der Waals surface area contributed by atoms with Crippen molar-refractivity contribution in [2.75, 3.05) is 20.3 Å². The highest BCUT2D eigenvalue weighted by atomic mass is 16.5. The highest BCUT2D eigenvalue weighted by Crippen LogP contribution is 2.23. The third-order valence-electron chi connectivity index (χ3n) is 2.45. The molecule has 5 heteroatoms. The lowest BCUT2D eigenvalue weighted by atomic mass is 10.1. The third kappa shape index (κ3) is 3.92.